The van der Waals surface area contributed by atoms with Crippen molar-refractivity contribution < 1.29 is 9.53 Å². The van der Waals surface area contributed by atoms with Crippen LogP contribution in [0.5, 0.6) is 0 Å². The molecular weight excluding hydrogens is 298 g/mol. The number of nitrogens with zero attached hydrogens (tertiary/aromatic N) is 1. The predicted molar refractivity (Wildman–Crippen MR) is 100 cm³/mol. The Labute approximate surface area is 145 Å². The summed E-state index contributed by atoms with van der Waals surface area (Å²) in [6.07, 6.45) is 5.02. The Kier molecular flexibility index (Phi) is 6.50. The van der Waals surface area contributed by atoms with E-state index in [0.29, 0.717) is 6.10 Å². The summed E-state index contributed by atoms with van der Waals surface area (Å²) in [4.78, 5) is 17.4. The molecule has 1 aliphatic carbocycles. The first-order valence-electron chi connectivity index (χ1n) is 8.87. The highest BCUT2D eigenvalue weighted by atomic mass is 16.5. The fourth-order valence-electron chi connectivity index (χ4n) is 3.25. The Balaban J connectivity index is 2.12. The van der Waals surface area contributed by atoms with Gasteiger partial charge in [-0.2, -0.15) is 0 Å². The molecule has 1 saturated carbocycles. The summed E-state index contributed by atoms with van der Waals surface area (Å²) in [6.45, 7) is 10.1. The number of rotatable bonds is 6. The number of hydrogen-bond donors (Lipinski definition) is 0. The van der Waals surface area contributed by atoms with Crippen molar-refractivity contribution in [3.8, 4) is 0 Å². The molecule has 0 saturated heterocycles. The second kappa shape index (κ2) is 8.39. The minimum absolute atomic E-state index is 0.131. The Hall–Kier alpha value is -1.74. The number of allylic oxidation sites excluding steroid dienone is 1. The lowest BCUT2D eigenvalue weighted by Gasteiger charge is -2.26. The normalized spacial score (nSPS) is 21.6. The first kappa shape index (κ1) is 18.6. The van der Waals surface area contributed by atoms with Gasteiger partial charge in [0.15, 0.2) is 5.78 Å². The number of hydrogen-bond acceptors (Lipinski definition) is 3. The number of carbonyl (C=O) groups is 1. The summed E-state index contributed by atoms with van der Waals surface area (Å²) in [5, 5.41) is 0. The standard InChI is InChI=1S/C21H29NO2/c1-6-14(2)16(4)22-20-12-9-18(13-15(20)3)21(23)17-7-10-19(24-5)11-8-17/h9,12-13,17,19H,2,6-8,10-11H2,1,3-5H3. The molecule has 0 unspecified atom stereocenters. The molecular formula is C21H29NO2. The number of aliphatic imine (C=N–C) groups is 1. The Morgan fingerprint density at radius 1 is 1.29 bits per heavy atom. The molecule has 130 valence electrons. The van der Waals surface area contributed by atoms with Crippen LogP contribution < -0.4 is 0 Å². The van der Waals surface area contributed by atoms with Crippen LogP contribution in [-0.4, -0.2) is 24.7 Å². The molecule has 0 bridgehead atoms. The maximum atomic E-state index is 12.7. The van der Waals surface area contributed by atoms with Gasteiger partial charge in [0.1, 0.15) is 0 Å². The third kappa shape index (κ3) is 4.41. The van der Waals surface area contributed by atoms with Gasteiger partial charge >= 0.3 is 0 Å². The van der Waals surface area contributed by atoms with Gasteiger partial charge in [0.2, 0.25) is 0 Å². The van der Waals surface area contributed by atoms with Crippen LogP contribution in [0.2, 0.25) is 0 Å². The van der Waals surface area contributed by atoms with Crippen LogP contribution in [0.25, 0.3) is 0 Å². The highest BCUT2D eigenvalue weighted by Crippen LogP contribution is 2.30. The van der Waals surface area contributed by atoms with Gasteiger partial charge in [-0.1, -0.05) is 13.5 Å². The molecule has 0 N–H and O–H groups in total. The van der Waals surface area contributed by atoms with Gasteiger partial charge in [-0.15, -0.1) is 0 Å². The predicted octanol–water partition coefficient (Wildman–Crippen LogP) is 5.44. The molecule has 0 aromatic heterocycles. The van der Waals surface area contributed by atoms with E-state index in [4.69, 9.17) is 4.74 Å². The van der Waals surface area contributed by atoms with Crippen LogP contribution in [0.1, 0.15) is 61.9 Å². The molecule has 0 spiro atoms. The number of benzene rings is 1. The van der Waals surface area contributed by atoms with E-state index in [1.54, 1.807) is 7.11 Å². The van der Waals surface area contributed by atoms with Crippen molar-refractivity contribution in [2.75, 3.05) is 7.11 Å². The van der Waals surface area contributed by atoms with Crippen molar-refractivity contribution in [2.45, 2.75) is 59.0 Å². The summed E-state index contributed by atoms with van der Waals surface area (Å²) in [7, 11) is 1.75. The van der Waals surface area contributed by atoms with E-state index in [1.807, 2.05) is 32.0 Å². The van der Waals surface area contributed by atoms with Gasteiger partial charge in [0.05, 0.1) is 11.8 Å². The summed E-state index contributed by atoms with van der Waals surface area (Å²) < 4.78 is 5.39. The molecule has 0 radical (unpaired) electrons. The van der Waals surface area contributed by atoms with E-state index in [2.05, 4.69) is 18.5 Å². The summed E-state index contributed by atoms with van der Waals surface area (Å²) in [5.74, 6) is 0.393. The number of ketones is 1. The van der Waals surface area contributed by atoms with Gasteiger partial charge in [-0.25, -0.2) is 0 Å². The molecule has 1 fully saturated rings. The fraction of sp³-hybridized carbons (Fsp3) is 0.524. The Bertz CT molecular complexity index is 637. The van der Waals surface area contributed by atoms with Crippen LogP contribution in [0.4, 0.5) is 5.69 Å². The average Bonchev–Trinajstić information content (AvgIpc) is 2.62. The Morgan fingerprint density at radius 2 is 1.96 bits per heavy atom. The zero-order chi connectivity index (χ0) is 17.7. The van der Waals surface area contributed by atoms with E-state index in [-0.39, 0.29) is 11.7 Å². The van der Waals surface area contributed by atoms with Crippen molar-refractivity contribution >= 4 is 17.2 Å². The van der Waals surface area contributed by atoms with Crippen molar-refractivity contribution in [1.29, 1.82) is 0 Å². The number of methoxy groups -OCH3 is 1. The van der Waals surface area contributed by atoms with Crippen molar-refractivity contribution in [2.24, 2.45) is 10.9 Å². The first-order valence-corrected chi connectivity index (χ1v) is 8.87. The monoisotopic (exact) mass is 327 g/mol. The van der Waals surface area contributed by atoms with Gasteiger partial charge in [-0.3, -0.25) is 9.79 Å². The number of ether oxygens (including phenoxy) is 1. The molecule has 0 atom stereocenters. The lowest BCUT2D eigenvalue weighted by atomic mass is 9.82. The molecule has 0 heterocycles. The van der Waals surface area contributed by atoms with Gasteiger partial charge in [-0.05, 0) is 75.3 Å². The highest BCUT2D eigenvalue weighted by Gasteiger charge is 2.27. The summed E-state index contributed by atoms with van der Waals surface area (Å²) >= 11 is 0. The van der Waals surface area contributed by atoms with E-state index >= 15 is 0 Å². The largest absolute Gasteiger partial charge is 0.381 e. The number of aryl methyl sites for hydroxylation is 1. The first-order chi connectivity index (χ1) is 11.5. The smallest absolute Gasteiger partial charge is 0.165 e. The van der Waals surface area contributed by atoms with Crippen LogP contribution in [0.15, 0.2) is 35.3 Å². The third-order valence-electron chi connectivity index (χ3n) is 5.09. The van der Waals surface area contributed by atoms with Gasteiger partial charge in [0, 0.05) is 24.3 Å². The molecule has 0 amide bonds. The molecule has 3 heteroatoms. The molecule has 2 rings (SSSR count). The second-order valence-electron chi connectivity index (χ2n) is 6.73. The van der Waals surface area contributed by atoms with Crippen LogP contribution in [0.3, 0.4) is 0 Å². The average molecular weight is 327 g/mol. The molecule has 1 aliphatic rings. The topological polar surface area (TPSA) is 38.7 Å². The number of Topliss-reactive ketones (excluding diaryl/α,β-unsaturated/α-hetero) is 1. The zero-order valence-corrected chi connectivity index (χ0v) is 15.4. The zero-order valence-electron chi connectivity index (χ0n) is 15.4. The SMILES string of the molecule is C=C(CC)C(C)=Nc1ccc(C(=O)C2CCC(OC)CC2)cc1C. The molecule has 1 aromatic carbocycles. The van der Waals surface area contributed by atoms with Crippen molar-refractivity contribution in [3.63, 3.8) is 0 Å². The van der Waals surface area contributed by atoms with E-state index in [9.17, 15) is 4.79 Å². The lowest BCUT2D eigenvalue weighted by Crippen LogP contribution is -2.25. The molecule has 24 heavy (non-hydrogen) atoms. The molecule has 1 aromatic rings. The van der Waals surface area contributed by atoms with Crippen LogP contribution in [0, 0.1) is 12.8 Å². The van der Waals surface area contributed by atoms with E-state index in [0.717, 1.165) is 60.2 Å². The van der Waals surface area contributed by atoms with Gasteiger partial charge in [0.25, 0.3) is 0 Å². The van der Waals surface area contributed by atoms with Crippen molar-refractivity contribution in [1.82, 2.24) is 0 Å². The molecule has 0 aliphatic heterocycles. The van der Waals surface area contributed by atoms with Crippen LogP contribution in [-0.2, 0) is 4.74 Å². The summed E-state index contributed by atoms with van der Waals surface area (Å²) in [5.41, 5.74) is 4.76. The lowest BCUT2D eigenvalue weighted by molar-refractivity contribution is 0.0519. The van der Waals surface area contributed by atoms with E-state index in [1.165, 1.54) is 0 Å². The minimum Gasteiger partial charge on any atom is -0.381 e. The van der Waals surface area contributed by atoms with Gasteiger partial charge < -0.3 is 4.74 Å². The third-order valence-corrected chi connectivity index (χ3v) is 5.09. The molecule has 3 nitrogen and oxygen atoms in total. The maximum Gasteiger partial charge on any atom is 0.165 e. The quantitative estimate of drug-likeness (QED) is 0.515. The minimum atomic E-state index is 0.131. The highest BCUT2D eigenvalue weighted by molar-refractivity contribution is 6.00. The van der Waals surface area contributed by atoms with Crippen LogP contribution >= 0.6 is 0 Å². The fourth-order valence-corrected chi connectivity index (χ4v) is 3.25. The van der Waals surface area contributed by atoms with E-state index < -0.39 is 0 Å². The number of carbonyl (C=O) groups excluding carboxylic acids is 1. The second-order valence-corrected chi connectivity index (χ2v) is 6.73. The summed E-state index contributed by atoms with van der Waals surface area (Å²) in [6, 6.07) is 5.85. The Morgan fingerprint density at radius 3 is 2.50 bits per heavy atom. The maximum absolute atomic E-state index is 12.7. The van der Waals surface area contributed by atoms with Crippen molar-refractivity contribution in [3.05, 3.63) is 41.5 Å².